The number of ether oxygens (including phenoxy) is 1. The van der Waals surface area contributed by atoms with E-state index in [0.29, 0.717) is 43.1 Å². The average molecular weight is 1100 g/mol. The maximum Gasteiger partial charge on any atom is 0.246 e. The number of carbonyl (C=O) groups excluding carboxylic acids is 6. The van der Waals surface area contributed by atoms with Gasteiger partial charge in [0.2, 0.25) is 35.4 Å². The summed E-state index contributed by atoms with van der Waals surface area (Å²) in [5, 5.41) is 18.6. The number of nitrogens with one attached hydrogen (secondary N) is 6. The number of hydrogen-bond acceptors (Lipinski definition) is 11. The zero-order chi connectivity index (χ0) is 57.0. The lowest BCUT2D eigenvalue weighted by Crippen LogP contribution is -2.62. The zero-order valence-electron chi connectivity index (χ0n) is 47.8. The summed E-state index contributed by atoms with van der Waals surface area (Å²) in [6, 6.07) is 23.5. The molecule has 0 aromatic heterocycles. The van der Waals surface area contributed by atoms with Crippen LogP contribution in [0.3, 0.4) is 0 Å². The fourth-order valence-electron chi connectivity index (χ4n) is 12.2. The SMILES string of the molecule is CNC(C)C(=O)NC(C(=O)N1Cc2cc(NC(=O)CNC(=O)C3(C)CN(C(=O)CN4C[C@@H](C)NC[C@@H]4CN4CCOCC4C)c4cc(Cc5ccc(F)cc5)ccc43)ccc2C[C@H]1C(=O)N[C@@H]1CCCc2ccccc21)C(C)(C)C. The second kappa shape index (κ2) is 24.7. The molecule has 4 aromatic rings. The number of rotatable bonds is 16. The number of morpholine rings is 1. The van der Waals surface area contributed by atoms with Gasteiger partial charge < -0.3 is 46.4 Å². The van der Waals surface area contributed by atoms with Gasteiger partial charge in [0, 0.05) is 75.2 Å². The van der Waals surface area contributed by atoms with Gasteiger partial charge in [-0.15, -0.1) is 0 Å². The first-order chi connectivity index (χ1) is 38.2. The van der Waals surface area contributed by atoms with Crippen molar-refractivity contribution in [2.24, 2.45) is 5.41 Å². The highest BCUT2D eigenvalue weighted by Gasteiger charge is 2.48. The summed E-state index contributed by atoms with van der Waals surface area (Å²) < 4.78 is 19.6. The Labute approximate surface area is 470 Å². The van der Waals surface area contributed by atoms with E-state index in [4.69, 9.17) is 4.74 Å². The van der Waals surface area contributed by atoms with Crippen LogP contribution in [0.25, 0.3) is 0 Å². The van der Waals surface area contributed by atoms with Crippen LogP contribution < -0.4 is 36.8 Å². The molecule has 1 aliphatic carbocycles. The van der Waals surface area contributed by atoms with E-state index in [1.807, 2.05) is 63.2 Å². The fraction of sp³-hybridized carbons (Fsp3) is 0.516. The standard InChI is InChI=1S/C62H81FN10O7/c1-38-32-71(48(30-65-38)34-70-24-25-80-36-39(70)2)35-55(75)73-37-62(7,50-23-18-42(27-52(50)73)26-41-16-20-46(63)21-17-41)60(79)66-31-54(74)67-47-22-19-44-29-53(58(77)68-51-15-11-13-43-12-9-10-14-49(43)51)72(33-45(44)28-47)59(78)56(61(4,5)6)69-57(76)40(3)64-8/h9-10,12,14,16-23,27-28,38-40,48,51,53,56,64-65H,11,13,15,24-26,29-37H2,1-8H3,(H,66,79)(H,67,74)(H,68,77)(H,69,76)/t38-,39?,40?,48-,51-,53+,56?,62?/m1/s1. The van der Waals surface area contributed by atoms with Gasteiger partial charge in [-0.25, -0.2) is 4.39 Å². The highest BCUT2D eigenvalue weighted by atomic mass is 19.1. The maximum absolute atomic E-state index is 14.9. The third-order valence-electron chi connectivity index (χ3n) is 17.1. The highest BCUT2D eigenvalue weighted by Crippen LogP contribution is 2.42. The van der Waals surface area contributed by atoms with E-state index in [9.17, 15) is 33.2 Å². The molecule has 0 bridgehead atoms. The molecule has 4 heterocycles. The van der Waals surface area contributed by atoms with Crippen molar-refractivity contribution in [2.75, 3.05) is 76.3 Å². The molecule has 17 nitrogen and oxygen atoms in total. The molecule has 0 spiro atoms. The van der Waals surface area contributed by atoms with E-state index in [0.717, 1.165) is 66.7 Å². The van der Waals surface area contributed by atoms with E-state index in [-0.39, 0.29) is 80.3 Å². The largest absolute Gasteiger partial charge is 0.379 e. The Kier molecular flexibility index (Phi) is 17.9. The third kappa shape index (κ3) is 13.1. The van der Waals surface area contributed by atoms with Crippen molar-refractivity contribution in [3.8, 4) is 0 Å². The maximum atomic E-state index is 14.9. The molecule has 80 heavy (non-hydrogen) atoms. The molecule has 8 atom stereocenters. The van der Waals surface area contributed by atoms with E-state index in [2.05, 4.69) is 61.6 Å². The van der Waals surface area contributed by atoms with Crippen LogP contribution in [0.4, 0.5) is 15.8 Å². The van der Waals surface area contributed by atoms with Gasteiger partial charge in [-0.05, 0) is 135 Å². The Morgan fingerprint density at radius 2 is 1.68 bits per heavy atom. The number of amides is 6. The summed E-state index contributed by atoms with van der Waals surface area (Å²) in [7, 11) is 1.67. The molecule has 5 aliphatic rings. The predicted octanol–water partition coefficient (Wildman–Crippen LogP) is 4.74. The molecule has 0 radical (unpaired) electrons. The lowest BCUT2D eigenvalue weighted by Gasteiger charge is -2.43. The Morgan fingerprint density at radius 1 is 0.912 bits per heavy atom. The molecule has 2 fully saturated rings. The van der Waals surface area contributed by atoms with Crippen molar-refractivity contribution in [3.63, 3.8) is 0 Å². The summed E-state index contributed by atoms with van der Waals surface area (Å²) in [5.41, 5.74) is 5.41. The normalized spacial score (nSPS) is 23.9. The van der Waals surface area contributed by atoms with Gasteiger partial charge in [-0.1, -0.05) is 75.4 Å². The van der Waals surface area contributed by atoms with Crippen molar-refractivity contribution >= 4 is 46.8 Å². The summed E-state index contributed by atoms with van der Waals surface area (Å²) in [5.74, 6) is -2.39. The average Bonchev–Trinajstić information content (AvgIpc) is 3.76. The monoisotopic (exact) mass is 1100 g/mol. The minimum absolute atomic E-state index is 0.0397. The Morgan fingerprint density at radius 3 is 2.42 bits per heavy atom. The van der Waals surface area contributed by atoms with Crippen molar-refractivity contribution in [1.82, 2.24) is 41.3 Å². The van der Waals surface area contributed by atoms with Gasteiger partial charge in [-0.2, -0.15) is 0 Å². The number of hydrogen-bond donors (Lipinski definition) is 6. The summed E-state index contributed by atoms with van der Waals surface area (Å²) in [6.45, 7) is 17.7. The second-order valence-electron chi connectivity index (χ2n) is 24.1. The van der Waals surface area contributed by atoms with Crippen molar-refractivity contribution in [2.45, 2.75) is 135 Å². The van der Waals surface area contributed by atoms with Gasteiger partial charge in [0.05, 0.1) is 43.8 Å². The van der Waals surface area contributed by atoms with E-state index < -0.39 is 46.7 Å². The Balaban J connectivity index is 0.915. The number of piperazine rings is 1. The quantitative estimate of drug-likeness (QED) is 0.0907. The number of benzene rings is 4. The zero-order valence-corrected chi connectivity index (χ0v) is 47.8. The van der Waals surface area contributed by atoms with Crippen molar-refractivity contribution in [3.05, 3.63) is 130 Å². The number of anilines is 2. The molecule has 4 aliphatic heterocycles. The van der Waals surface area contributed by atoms with Gasteiger partial charge in [-0.3, -0.25) is 38.6 Å². The van der Waals surface area contributed by atoms with E-state index in [1.54, 1.807) is 55.0 Å². The number of halogens is 1. The van der Waals surface area contributed by atoms with Crippen LogP contribution in [-0.2, 0) is 64.7 Å². The summed E-state index contributed by atoms with van der Waals surface area (Å²) in [4.78, 5) is 94.1. The molecule has 6 amide bonds. The number of fused-ring (bicyclic) bond motifs is 3. The molecule has 4 unspecified atom stereocenters. The molecule has 4 aromatic carbocycles. The van der Waals surface area contributed by atoms with Crippen molar-refractivity contribution < 1.29 is 37.9 Å². The van der Waals surface area contributed by atoms with Gasteiger partial charge in [0.25, 0.3) is 0 Å². The van der Waals surface area contributed by atoms with Gasteiger partial charge in [0.1, 0.15) is 17.9 Å². The van der Waals surface area contributed by atoms with Crippen molar-refractivity contribution in [1.29, 1.82) is 0 Å². The van der Waals surface area contributed by atoms with Crippen LogP contribution in [-0.4, -0.2) is 152 Å². The Bertz CT molecular complexity index is 2950. The molecule has 18 heteroatoms. The molecule has 0 saturated carbocycles. The first-order valence-electron chi connectivity index (χ1n) is 28.5. The minimum Gasteiger partial charge on any atom is -0.379 e. The Hall–Kier alpha value is -6.57. The van der Waals surface area contributed by atoms with Crippen LogP contribution >= 0.6 is 0 Å². The lowest BCUT2D eigenvalue weighted by molar-refractivity contribution is -0.147. The second-order valence-corrected chi connectivity index (χ2v) is 24.1. The van der Waals surface area contributed by atoms with E-state index >= 15 is 0 Å². The van der Waals surface area contributed by atoms with Gasteiger partial charge >= 0.3 is 0 Å². The molecule has 428 valence electrons. The highest BCUT2D eigenvalue weighted by molar-refractivity contribution is 6.04. The number of likely N-dealkylation sites (N-methyl/N-ethyl adjacent to an activating group) is 1. The molecule has 9 rings (SSSR count). The lowest BCUT2D eigenvalue weighted by atomic mass is 9.83. The van der Waals surface area contributed by atoms with Gasteiger partial charge in [0.15, 0.2) is 0 Å². The van der Waals surface area contributed by atoms with E-state index in [1.165, 1.54) is 17.7 Å². The van der Waals surface area contributed by atoms with Crippen LogP contribution in [0.15, 0.2) is 84.9 Å². The molecule has 2 saturated heterocycles. The first-order valence-corrected chi connectivity index (χ1v) is 28.5. The van der Waals surface area contributed by atoms with Crippen LogP contribution in [0.5, 0.6) is 0 Å². The number of carbonyl (C=O) groups is 6. The molecule has 6 N–H and O–H groups in total. The van der Waals surface area contributed by atoms with Crippen LogP contribution in [0.1, 0.15) is 106 Å². The smallest absolute Gasteiger partial charge is 0.246 e. The third-order valence-corrected chi connectivity index (χ3v) is 17.1. The first kappa shape index (κ1) is 58.1. The summed E-state index contributed by atoms with van der Waals surface area (Å²) in [6.07, 6.45) is 3.31. The molecular formula is C62H81FN10O7. The molecular weight excluding hydrogens is 1020 g/mol. The van der Waals surface area contributed by atoms with Crippen LogP contribution in [0, 0.1) is 11.2 Å². The fourth-order valence-corrected chi connectivity index (χ4v) is 12.2. The topological polar surface area (TPSA) is 197 Å². The minimum atomic E-state index is -1.22. The number of nitrogens with zero attached hydrogens (tertiary/aromatic N) is 4. The predicted molar refractivity (Wildman–Crippen MR) is 306 cm³/mol. The summed E-state index contributed by atoms with van der Waals surface area (Å²) >= 11 is 0. The number of aryl methyl sites for hydroxylation is 1. The van der Waals surface area contributed by atoms with Crippen LogP contribution in [0.2, 0.25) is 0 Å².